The number of amides is 1. The van der Waals surface area contributed by atoms with E-state index in [1.165, 1.54) is 4.90 Å². The second kappa shape index (κ2) is 8.24. The molecule has 11 nitrogen and oxygen atoms in total. The molecule has 0 unspecified atom stereocenters. The van der Waals surface area contributed by atoms with E-state index in [9.17, 15) is 9.90 Å². The number of anilines is 2. The Balaban J connectivity index is 1.29. The van der Waals surface area contributed by atoms with Crippen LogP contribution in [0.5, 0.6) is 0 Å². The Kier molecular flexibility index (Phi) is 5.00. The van der Waals surface area contributed by atoms with Crippen LogP contribution in [0.2, 0.25) is 0 Å². The fraction of sp³-hybridized carbons (Fsp3) is 0.200. The van der Waals surface area contributed by atoms with Crippen molar-refractivity contribution in [2.45, 2.75) is 12.0 Å². The second-order valence-electron chi connectivity index (χ2n) is 8.73. The first-order chi connectivity index (χ1) is 17.4. The Hall–Kier alpha value is -4.64. The van der Waals surface area contributed by atoms with E-state index in [2.05, 4.69) is 30.5 Å². The number of carbonyl (C=O) groups excluding carboxylic acids is 1. The van der Waals surface area contributed by atoms with Crippen molar-refractivity contribution >= 4 is 28.7 Å². The highest BCUT2D eigenvalue weighted by atomic mass is 16.5. The molecule has 180 valence electrons. The molecule has 2 N–H and O–H groups in total. The minimum absolute atomic E-state index is 0.142. The zero-order valence-electron chi connectivity index (χ0n) is 19.6. The summed E-state index contributed by atoms with van der Waals surface area (Å²) in [7, 11) is 3.48. The zero-order chi connectivity index (χ0) is 24.9. The van der Waals surface area contributed by atoms with Gasteiger partial charge in [0.05, 0.1) is 11.1 Å². The van der Waals surface area contributed by atoms with Crippen molar-refractivity contribution in [3.05, 3.63) is 66.7 Å². The maximum absolute atomic E-state index is 12.4. The molecular formula is C25H22N8O3. The number of rotatable bonds is 5. The molecule has 0 radical (unpaired) electrons. The van der Waals surface area contributed by atoms with Gasteiger partial charge in [0.25, 0.3) is 5.91 Å². The molecule has 1 fully saturated rings. The van der Waals surface area contributed by atoms with Crippen LogP contribution in [0.4, 0.5) is 11.8 Å². The molecule has 36 heavy (non-hydrogen) atoms. The van der Waals surface area contributed by atoms with Crippen LogP contribution in [0.1, 0.15) is 12.2 Å². The number of aryl methyl sites for hydroxylation is 1. The summed E-state index contributed by atoms with van der Waals surface area (Å²) in [5.41, 5.74) is 1.89. The lowest BCUT2D eigenvalue weighted by Gasteiger charge is -2.16. The minimum atomic E-state index is -1.68. The second-order valence-corrected chi connectivity index (χ2v) is 8.73. The third kappa shape index (κ3) is 3.57. The van der Waals surface area contributed by atoms with Crippen LogP contribution in [0.25, 0.3) is 33.5 Å². The number of fused-ring (bicyclic) bond motifs is 1. The molecular weight excluding hydrogens is 460 g/mol. The van der Waals surface area contributed by atoms with Crippen LogP contribution < -0.4 is 5.32 Å². The molecule has 4 aromatic heterocycles. The van der Waals surface area contributed by atoms with Crippen LogP contribution in [0.15, 0.2) is 65.4 Å². The maximum Gasteiger partial charge on any atom is 0.262 e. The van der Waals surface area contributed by atoms with Crippen molar-refractivity contribution in [3.8, 4) is 22.5 Å². The van der Waals surface area contributed by atoms with Crippen molar-refractivity contribution in [1.29, 1.82) is 0 Å². The monoisotopic (exact) mass is 482 g/mol. The van der Waals surface area contributed by atoms with Gasteiger partial charge in [-0.25, -0.2) is 19.6 Å². The first kappa shape index (κ1) is 21.9. The molecule has 5 aromatic rings. The Labute approximate surface area is 205 Å². The highest BCUT2D eigenvalue weighted by Gasteiger charge is 2.48. The fourth-order valence-corrected chi connectivity index (χ4v) is 4.40. The summed E-state index contributed by atoms with van der Waals surface area (Å²) in [4.78, 5) is 27.2. The highest BCUT2D eigenvalue weighted by Crippen LogP contribution is 2.35. The van der Waals surface area contributed by atoms with E-state index in [1.807, 2.05) is 49.5 Å². The summed E-state index contributed by atoms with van der Waals surface area (Å²) in [5, 5.41) is 23.5. The molecule has 0 bridgehead atoms. The molecule has 6 rings (SSSR count). The molecule has 1 aliphatic rings. The number of nitrogens with one attached hydrogen (secondary N) is 1. The molecule has 11 heteroatoms. The molecule has 0 spiro atoms. The summed E-state index contributed by atoms with van der Waals surface area (Å²) in [6.07, 6.45) is 3.65. The number of likely N-dealkylation sites (tertiary alicyclic amines) is 1. The van der Waals surface area contributed by atoms with E-state index in [1.54, 1.807) is 30.2 Å². The third-order valence-corrected chi connectivity index (χ3v) is 6.37. The van der Waals surface area contributed by atoms with E-state index in [4.69, 9.17) is 4.52 Å². The largest absolute Gasteiger partial charge is 0.373 e. The standard InChI is InChI=1S/C25H22N8O3/c1-32-12-9-25(35,23(32)34)20-14-19(31-36-20)16-6-3-5-15(13-16)18-8-11-27-24(28-18)29-21-17-7-4-10-26-22(17)33(2)30-21/h3-8,10-11,13-14,35H,9,12H2,1-2H3,(H,27,28,29,30)/t25-/m1/s1. The zero-order valence-corrected chi connectivity index (χ0v) is 19.6. The maximum atomic E-state index is 12.4. The van der Waals surface area contributed by atoms with E-state index >= 15 is 0 Å². The van der Waals surface area contributed by atoms with Gasteiger partial charge in [0.1, 0.15) is 5.69 Å². The Morgan fingerprint density at radius 1 is 1.03 bits per heavy atom. The van der Waals surface area contributed by atoms with Gasteiger partial charge in [-0.15, -0.1) is 0 Å². The topological polar surface area (TPSA) is 135 Å². The Morgan fingerprint density at radius 2 is 1.86 bits per heavy atom. The van der Waals surface area contributed by atoms with E-state index in [0.717, 1.165) is 22.2 Å². The smallest absolute Gasteiger partial charge is 0.262 e. The average Bonchev–Trinajstić information content (AvgIpc) is 3.59. The quantitative estimate of drug-likeness (QED) is 0.388. The van der Waals surface area contributed by atoms with E-state index in [-0.39, 0.29) is 12.2 Å². The summed E-state index contributed by atoms with van der Waals surface area (Å²) < 4.78 is 7.10. The highest BCUT2D eigenvalue weighted by molar-refractivity contribution is 5.89. The van der Waals surface area contributed by atoms with Crippen LogP contribution in [0, 0.1) is 0 Å². The van der Waals surface area contributed by atoms with Gasteiger partial charge in [-0.3, -0.25) is 4.79 Å². The Morgan fingerprint density at radius 3 is 2.67 bits per heavy atom. The predicted molar refractivity (Wildman–Crippen MR) is 131 cm³/mol. The SMILES string of the molecule is CN1CC[C@@](O)(c2cc(-c3cccc(-c4ccnc(Nc5nn(C)c6ncccc56)n4)c3)no2)C1=O. The number of carbonyl (C=O) groups is 1. The first-order valence-corrected chi connectivity index (χ1v) is 11.4. The molecule has 1 atom stereocenters. The first-order valence-electron chi connectivity index (χ1n) is 11.4. The number of benzene rings is 1. The summed E-state index contributed by atoms with van der Waals surface area (Å²) >= 11 is 0. The Bertz CT molecular complexity index is 1610. The number of nitrogens with zero attached hydrogens (tertiary/aromatic N) is 7. The van der Waals surface area contributed by atoms with Crippen molar-refractivity contribution in [2.75, 3.05) is 18.9 Å². The lowest BCUT2D eigenvalue weighted by atomic mass is 9.98. The molecule has 0 saturated carbocycles. The number of aromatic nitrogens is 6. The van der Waals surface area contributed by atoms with Crippen molar-refractivity contribution in [2.24, 2.45) is 7.05 Å². The molecule has 1 aliphatic heterocycles. The molecule has 5 heterocycles. The summed E-state index contributed by atoms with van der Waals surface area (Å²) in [5.74, 6) is 0.766. The van der Waals surface area contributed by atoms with Gasteiger partial charge in [-0.05, 0) is 24.3 Å². The van der Waals surface area contributed by atoms with Gasteiger partial charge in [0.2, 0.25) is 11.5 Å². The number of hydrogen-bond donors (Lipinski definition) is 2. The van der Waals surface area contributed by atoms with Gasteiger partial charge in [-0.1, -0.05) is 23.4 Å². The van der Waals surface area contributed by atoms with Crippen LogP contribution in [-0.4, -0.2) is 59.4 Å². The van der Waals surface area contributed by atoms with Gasteiger partial charge < -0.3 is 19.8 Å². The molecule has 1 saturated heterocycles. The van der Waals surface area contributed by atoms with Crippen molar-refractivity contribution in [3.63, 3.8) is 0 Å². The molecule has 1 amide bonds. The average molecular weight is 483 g/mol. The third-order valence-electron chi connectivity index (χ3n) is 6.37. The van der Waals surface area contributed by atoms with Crippen LogP contribution in [0.3, 0.4) is 0 Å². The number of likely N-dealkylation sites (N-methyl/N-ethyl adjacent to an activating group) is 1. The molecule has 0 aliphatic carbocycles. The lowest BCUT2D eigenvalue weighted by Crippen LogP contribution is -2.35. The normalized spacial score (nSPS) is 17.8. The number of pyridine rings is 1. The van der Waals surface area contributed by atoms with Crippen LogP contribution in [-0.2, 0) is 17.4 Å². The number of hydrogen-bond acceptors (Lipinski definition) is 9. The van der Waals surface area contributed by atoms with Gasteiger partial charge in [0, 0.05) is 56.6 Å². The molecule has 1 aromatic carbocycles. The van der Waals surface area contributed by atoms with Gasteiger partial charge >= 0.3 is 0 Å². The van der Waals surface area contributed by atoms with Gasteiger partial charge in [-0.2, -0.15) is 5.10 Å². The summed E-state index contributed by atoms with van der Waals surface area (Å²) in [6.45, 7) is 0.454. The van der Waals surface area contributed by atoms with E-state index < -0.39 is 11.5 Å². The lowest BCUT2D eigenvalue weighted by molar-refractivity contribution is -0.144. The van der Waals surface area contributed by atoms with Crippen LogP contribution >= 0.6 is 0 Å². The summed E-state index contributed by atoms with van der Waals surface area (Å²) in [6, 6.07) is 14.8. The fourth-order valence-electron chi connectivity index (χ4n) is 4.40. The van der Waals surface area contributed by atoms with Crippen molar-refractivity contribution in [1.82, 2.24) is 34.8 Å². The van der Waals surface area contributed by atoms with E-state index in [0.29, 0.717) is 29.7 Å². The number of aliphatic hydroxyl groups is 1. The van der Waals surface area contributed by atoms with Crippen molar-refractivity contribution < 1.29 is 14.4 Å². The van der Waals surface area contributed by atoms with Gasteiger partial charge in [0.15, 0.2) is 17.2 Å². The minimum Gasteiger partial charge on any atom is -0.373 e. The predicted octanol–water partition coefficient (Wildman–Crippen LogP) is 2.87.